The second kappa shape index (κ2) is 6.16. The van der Waals surface area contributed by atoms with Crippen LogP contribution >= 0.6 is 0 Å². The van der Waals surface area contributed by atoms with Crippen LogP contribution in [0.5, 0.6) is 5.75 Å². The van der Waals surface area contributed by atoms with Crippen molar-refractivity contribution in [1.82, 2.24) is 20.6 Å². The molecule has 2 rings (SSSR count). The second-order valence-electron chi connectivity index (χ2n) is 3.48. The fourth-order valence-electron chi connectivity index (χ4n) is 1.44. The topological polar surface area (TPSA) is 99.5 Å². The van der Waals surface area contributed by atoms with Crippen LogP contribution in [0.3, 0.4) is 0 Å². The molecule has 1 aromatic carbocycles. The number of para-hydroxylation sites is 2. The van der Waals surface area contributed by atoms with Gasteiger partial charge in [0.1, 0.15) is 17.4 Å². The fraction of sp³-hybridized carbons (Fsp3) is 0.167. The van der Waals surface area contributed by atoms with E-state index in [4.69, 9.17) is 10.00 Å². The Labute approximate surface area is 109 Å². The van der Waals surface area contributed by atoms with Gasteiger partial charge in [-0.3, -0.25) is 0 Å². The molecule has 19 heavy (non-hydrogen) atoms. The predicted octanol–water partition coefficient (Wildman–Crippen LogP) is 1.57. The first-order chi connectivity index (χ1) is 9.35. The van der Waals surface area contributed by atoms with Crippen LogP contribution in [0.4, 0.5) is 5.69 Å². The van der Waals surface area contributed by atoms with Crippen molar-refractivity contribution in [2.45, 2.75) is 6.92 Å². The van der Waals surface area contributed by atoms with Crippen LogP contribution in [-0.2, 0) is 0 Å². The number of hydrogen-bond donors (Lipinski definition) is 2. The summed E-state index contributed by atoms with van der Waals surface area (Å²) in [4.78, 5) is 0. The van der Waals surface area contributed by atoms with E-state index in [2.05, 4.69) is 25.9 Å². The predicted molar refractivity (Wildman–Crippen MR) is 69.0 cm³/mol. The summed E-state index contributed by atoms with van der Waals surface area (Å²) in [5.41, 5.74) is 1.04. The molecule has 0 aliphatic heterocycles. The molecule has 0 saturated heterocycles. The van der Waals surface area contributed by atoms with E-state index in [9.17, 15) is 0 Å². The summed E-state index contributed by atoms with van der Waals surface area (Å²) in [7, 11) is 0. The monoisotopic (exact) mass is 256 g/mol. The molecule has 7 heteroatoms. The zero-order valence-electron chi connectivity index (χ0n) is 10.3. The number of hydrogen-bond acceptors (Lipinski definition) is 6. The lowest BCUT2D eigenvalue weighted by Crippen LogP contribution is -1.98. The first kappa shape index (κ1) is 12.6. The highest BCUT2D eigenvalue weighted by Gasteiger charge is 2.06. The molecule has 0 bridgehead atoms. The van der Waals surface area contributed by atoms with E-state index in [0.717, 1.165) is 5.69 Å². The van der Waals surface area contributed by atoms with Gasteiger partial charge in [0.25, 0.3) is 0 Å². The van der Waals surface area contributed by atoms with Crippen molar-refractivity contribution < 1.29 is 4.74 Å². The molecule has 0 unspecified atom stereocenters. The van der Waals surface area contributed by atoms with Crippen molar-refractivity contribution in [2.75, 3.05) is 11.9 Å². The number of tetrazole rings is 1. The molecule has 0 aliphatic carbocycles. The average molecular weight is 256 g/mol. The van der Waals surface area contributed by atoms with Gasteiger partial charge in [-0.25, -0.2) is 0 Å². The number of allylic oxidation sites excluding steroid dienone is 1. The summed E-state index contributed by atoms with van der Waals surface area (Å²) in [6.07, 6.45) is 1.52. The Morgan fingerprint density at radius 2 is 2.37 bits per heavy atom. The minimum absolute atomic E-state index is 0.240. The van der Waals surface area contributed by atoms with Crippen LogP contribution < -0.4 is 10.1 Å². The first-order valence-electron chi connectivity index (χ1n) is 5.67. The number of ether oxygens (including phenoxy) is 1. The lowest BCUT2D eigenvalue weighted by atomic mass is 10.2. The maximum absolute atomic E-state index is 9.04. The molecule has 0 saturated carbocycles. The molecule has 1 aromatic heterocycles. The Morgan fingerprint density at radius 1 is 1.53 bits per heavy atom. The van der Waals surface area contributed by atoms with E-state index in [1.54, 1.807) is 0 Å². The van der Waals surface area contributed by atoms with Gasteiger partial charge in [-0.1, -0.05) is 12.1 Å². The number of nitriles is 1. The lowest BCUT2D eigenvalue weighted by Gasteiger charge is -2.09. The van der Waals surface area contributed by atoms with E-state index < -0.39 is 0 Å². The van der Waals surface area contributed by atoms with Gasteiger partial charge >= 0.3 is 0 Å². The van der Waals surface area contributed by atoms with Crippen LogP contribution in [0.2, 0.25) is 0 Å². The number of aromatic amines is 1. The number of nitrogens with zero attached hydrogens (tertiary/aromatic N) is 4. The average Bonchev–Trinajstić information content (AvgIpc) is 2.96. The van der Waals surface area contributed by atoms with E-state index in [0.29, 0.717) is 12.4 Å². The van der Waals surface area contributed by atoms with Crippen LogP contribution in [0, 0.1) is 11.3 Å². The van der Waals surface area contributed by atoms with E-state index in [1.807, 2.05) is 37.3 Å². The Bertz CT molecular complexity index is 599. The van der Waals surface area contributed by atoms with Gasteiger partial charge in [-0.05, 0) is 24.3 Å². The summed E-state index contributed by atoms with van der Waals surface area (Å²) >= 11 is 0. The second-order valence-corrected chi connectivity index (χ2v) is 3.48. The summed E-state index contributed by atoms with van der Waals surface area (Å²) in [6, 6.07) is 9.45. The molecule has 96 valence electrons. The largest absolute Gasteiger partial charge is 0.492 e. The lowest BCUT2D eigenvalue weighted by molar-refractivity contribution is 0.342. The summed E-state index contributed by atoms with van der Waals surface area (Å²) in [5, 5.41) is 25.3. The van der Waals surface area contributed by atoms with Gasteiger partial charge in [-0.2, -0.15) is 10.5 Å². The SMILES string of the molecule is CCOc1ccccc1NC=C(C#N)c1nn[nH]n1. The highest BCUT2D eigenvalue weighted by molar-refractivity contribution is 5.74. The molecular weight excluding hydrogens is 244 g/mol. The van der Waals surface area contributed by atoms with Crippen molar-refractivity contribution in [1.29, 1.82) is 5.26 Å². The van der Waals surface area contributed by atoms with Crippen LogP contribution in [-0.4, -0.2) is 27.2 Å². The van der Waals surface area contributed by atoms with Gasteiger partial charge in [0.05, 0.1) is 12.3 Å². The van der Waals surface area contributed by atoms with Gasteiger partial charge < -0.3 is 10.1 Å². The maximum atomic E-state index is 9.04. The fourth-order valence-corrected chi connectivity index (χ4v) is 1.44. The number of H-pyrrole nitrogens is 1. The molecule has 0 radical (unpaired) electrons. The number of benzene rings is 1. The van der Waals surface area contributed by atoms with Gasteiger partial charge in [0.2, 0.25) is 5.82 Å². The minimum Gasteiger partial charge on any atom is -0.492 e. The standard InChI is InChI=1S/C12H12N6O/c1-2-19-11-6-4-3-5-10(11)14-8-9(7-13)12-15-17-18-16-12/h3-6,8,14H,2H2,1H3,(H,15,16,17,18). The maximum Gasteiger partial charge on any atom is 0.216 e. The number of nitrogens with one attached hydrogen (secondary N) is 2. The normalized spacial score (nSPS) is 10.8. The zero-order chi connectivity index (χ0) is 13.5. The molecule has 0 fully saturated rings. The van der Waals surface area contributed by atoms with Gasteiger partial charge in [0.15, 0.2) is 0 Å². The molecule has 2 N–H and O–H groups in total. The molecule has 0 atom stereocenters. The molecule has 0 aliphatic rings. The first-order valence-corrected chi connectivity index (χ1v) is 5.67. The van der Waals surface area contributed by atoms with Crippen LogP contribution in [0.15, 0.2) is 30.5 Å². The highest BCUT2D eigenvalue weighted by Crippen LogP contribution is 2.24. The van der Waals surface area contributed by atoms with Gasteiger partial charge in [0, 0.05) is 6.20 Å². The minimum atomic E-state index is 0.240. The van der Waals surface area contributed by atoms with Gasteiger partial charge in [-0.15, -0.1) is 10.2 Å². The summed E-state index contributed by atoms with van der Waals surface area (Å²) < 4.78 is 5.47. The number of aromatic nitrogens is 4. The van der Waals surface area contributed by atoms with E-state index >= 15 is 0 Å². The molecule has 0 amide bonds. The van der Waals surface area contributed by atoms with Crippen molar-refractivity contribution in [3.05, 3.63) is 36.3 Å². The van der Waals surface area contributed by atoms with Crippen molar-refractivity contribution in [3.63, 3.8) is 0 Å². The third-order valence-electron chi connectivity index (χ3n) is 2.27. The van der Waals surface area contributed by atoms with Crippen LogP contribution in [0.25, 0.3) is 5.57 Å². The molecule has 0 spiro atoms. The third kappa shape index (κ3) is 3.07. The Hall–Kier alpha value is -2.88. The summed E-state index contributed by atoms with van der Waals surface area (Å²) in [5.74, 6) is 0.954. The highest BCUT2D eigenvalue weighted by atomic mass is 16.5. The third-order valence-corrected chi connectivity index (χ3v) is 2.27. The molecule has 1 heterocycles. The zero-order valence-corrected chi connectivity index (χ0v) is 10.3. The Kier molecular flexibility index (Phi) is 4.08. The van der Waals surface area contributed by atoms with E-state index in [1.165, 1.54) is 6.20 Å². The van der Waals surface area contributed by atoms with Crippen LogP contribution in [0.1, 0.15) is 12.7 Å². The Morgan fingerprint density at radius 3 is 3.05 bits per heavy atom. The van der Waals surface area contributed by atoms with Crippen molar-refractivity contribution >= 4 is 11.3 Å². The summed E-state index contributed by atoms with van der Waals surface area (Å²) in [6.45, 7) is 2.48. The molecular formula is C12H12N6O. The molecule has 7 nitrogen and oxygen atoms in total. The molecule has 2 aromatic rings. The Balaban J connectivity index is 2.20. The van der Waals surface area contributed by atoms with E-state index in [-0.39, 0.29) is 11.4 Å². The van der Waals surface area contributed by atoms with Crippen molar-refractivity contribution in [2.24, 2.45) is 0 Å². The van der Waals surface area contributed by atoms with Crippen molar-refractivity contribution in [3.8, 4) is 11.8 Å². The number of anilines is 1. The smallest absolute Gasteiger partial charge is 0.216 e. The number of rotatable bonds is 5. The quantitative estimate of drug-likeness (QED) is 0.788.